The zero-order chi connectivity index (χ0) is 17.4. The maximum Gasteiger partial charge on any atom is 0.410 e. The van der Waals surface area contributed by atoms with E-state index in [1.165, 1.54) is 12.8 Å². The molecule has 0 bridgehead atoms. The molecule has 1 spiro atoms. The van der Waals surface area contributed by atoms with Crippen molar-refractivity contribution in [3.8, 4) is 0 Å². The molecular weight excluding hydrogens is 328 g/mol. The Morgan fingerprint density at radius 3 is 2.75 bits per heavy atom. The number of carbonyl (C=O) groups is 1. The van der Waals surface area contributed by atoms with Gasteiger partial charge in [0.15, 0.2) is 0 Å². The molecule has 6 nitrogen and oxygen atoms in total. The van der Waals surface area contributed by atoms with Crippen LogP contribution in [0, 0.1) is 5.41 Å². The lowest BCUT2D eigenvalue weighted by Crippen LogP contribution is -2.37. The SMILES string of the molecule is CC(C)(C)OC(=O)N1CC(Nc2ccnc(Cl)n2)C2(CCCC2)C1. The van der Waals surface area contributed by atoms with Crippen LogP contribution < -0.4 is 5.32 Å². The number of rotatable bonds is 2. The Balaban J connectivity index is 1.75. The minimum atomic E-state index is -0.481. The van der Waals surface area contributed by atoms with E-state index in [-0.39, 0.29) is 22.8 Å². The van der Waals surface area contributed by atoms with Crippen molar-refractivity contribution in [2.24, 2.45) is 5.41 Å². The van der Waals surface area contributed by atoms with Crippen molar-refractivity contribution in [1.82, 2.24) is 14.9 Å². The minimum absolute atomic E-state index is 0.0916. The van der Waals surface area contributed by atoms with Crippen LogP contribution in [0.2, 0.25) is 5.28 Å². The van der Waals surface area contributed by atoms with Gasteiger partial charge in [-0.1, -0.05) is 12.8 Å². The van der Waals surface area contributed by atoms with Crippen LogP contribution in [0.3, 0.4) is 0 Å². The molecule has 0 radical (unpaired) electrons. The van der Waals surface area contributed by atoms with E-state index in [1.807, 2.05) is 31.7 Å². The van der Waals surface area contributed by atoms with Crippen molar-refractivity contribution >= 4 is 23.5 Å². The number of nitrogens with one attached hydrogen (secondary N) is 1. The Morgan fingerprint density at radius 2 is 2.12 bits per heavy atom. The lowest BCUT2D eigenvalue weighted by Gasteiger charge is -2.30. The first-order valence-electron chi connectivity index (χ1n) is 8.50. The van der Waals surface area contributed by atoms with Gasteiger partial charge in [-0.3, -0.25) is 0 Å². The highest BCUT2D eigenvalue weighted by atomic mass is 35.5. The van der Waals surface area contributed by atoms with Gasteiger partial charge in [0, 0.05) is 24.7 Å². The first-order valence-corrected chi connectivity index (χ1v) is 8.88. The summed E-state index contributed by atoms with van der Waals surface area (Å²) < 4.78 is 5.55. The lowest BCUT2D eigenvalue weighted by atomic mass is 9.81. The van der Waals surface area contributed by atoms with E-state index in [4.69, 9.17) is 16.3 Å². The maximum atomic E-state index is 12.5. The fraction of sp³-hybridized carbons (Fsp3) is 0.706. The first-order chi connectivity index (χ1) is 11.3. The molecule has 2 heterocycles. The summed E-state index contributed by atoms with van der Waals surface area (Å²) in [5.74, 6) is 0.706. The summed E-state index contributed by atoms with van der Waals surface area (Å²) >= 11 is 5.89. The monoisotopic (exact) mass is 352 g/mol. The van der Waals surface area contributed by atoms with Gasteiger partial charge in [0.1, 0.15) is 11.4 Å². The van der Waals surface area contributed by atoms with Gasteiger partial charge in [-0.05, 0) is 51.3 Å². The van der Waals surface area contributed by atoms with Crippen LogP contribution in [0.4, 0.5) is 10.6 Å². The van der Waals surface area contributed by atoms with Gasteiger partial charge in [0.05, 0.1) is 6.04 Å². The average Bonchev–Trinajstić information content (AvgIpc) is 3.07. The van der Waals surface area contributed by atoms with Gasteiger partial charge in [0.25, 0.3) is 0 Å². The molecule has 3 rings (SSSR count). The number of halogens is 1. The Kier molecular flexibility index (Phi) is 4.60. The summed E-state index contributed by atoms with van der Waals surface area (Å²) in [4.78, 5) is 22.5. The normalized spacial score (nSPS) is 22.8. The molecule has 2 aliphatic rings. The minimum Gasteiger partial charge on any atom is -0.444 e. The van der Waals surface area contributed by atoms with E-state index in [0.717, 1.165) is 19.4 Å². The molecule has 2 fully saturated rings. The number of hydrogen-bond acceptors (Lipinski definition) is 5. The van der Waals surface area contributed by atoms with Gasteiger partial charge in [-0.15, -0.1) is 0 Å². The van der Waals surface area contributed by atoms with Crippen LogP contribution >= 0.6 is 11.6 Å². The van der Waals surface area contributed by atoms with Gasteiger partial charge in [0.2, 0.25) is 5.28 Å². The summed E-state index contributed by atoms with van der Waals surface area (Å²) in [6, 6.07) is 1.96. The maximum absolute atomic E-state index is 12.5. The zero-order valence-electron chi connectivity index (χ0n) is 14.5. The molecule has 1 aromatic heterocycles. The van der Waals surface area contributed by atoms with Gasteiger partial charge in [-0.25, -0.2) is 14.8 Å². The fourth-order valence-corrected chi connectivity index (χ4v) is 3.96. The van der Waals surface area contributed by atoms with Crippen LogP contribution in [0.1, 0.15) is 46.5 Å². The van der Waals surface area contributed by atoms with E-state index in [0.29, 0.717) is 12.4 Å². The summed E-state index contributed by atoms with van der Waals surface area (Å²) in [6.07, 6.45) is 6.03. The predicted molar refractivity (Wildman–Crippen MR) is 93.2 cm³/mol. The van der Waals surface area contributed by atoms with E-state index in [2.05, 4.69) is 15.3 Å². The number of amides is 1. The molecule has 1 atom stereocenters. The second-order valence-electron chi connectivity index (χ2n) is 7.84. The van der Waals surface area contributed by atoms with Gasteiger partial charge in [-0.2, -0.15) is 0 Å². The van der Waals surface area contributed by atoms with E-state index in [9.17, 15) is 4.79 Å². The van der Waals surface area contributed by atoms with Crippen LogP contribution in [0.15, 0.2) is 12.3 Å². The molecule has 1 aliphatic carbocycles. The highest BCUT2D eigenvalue weighted by Gasteiger charge is 2.50. The third-order valence-corrected chi connectivity index (χ3v) is 5.03. The molecule has 1 aliphatic heterocycles. The van der Waals surface area contributed by atoms with Crippen LogP contribution in [-0.4, -0.2) is 45.7 Å². The smallest absolute Gasteiger partial charge is 0.410 e. The number of aromatic nitrogens is 2. The predicted octanol–water partition coefficient (Wildman–Crippen LogP) is 3.72. The highest BCUT2D eigenvalue weighted by Crippen LogP contribution is 2.46. The van der Waals surface area contributed by atoms with Crippen LogP contribution in [0.25, 0.3) is 0 Å². The molecule has 1 amide bonds. The summed E-state index contributed by atoms with van der Waals surface area (Å²) in [7, 11) is 0. The summed E-state index contributed by atoms with van der Waals surface area (Å²) in [5, 5.41) is 3.70. The molecule has 1 aromatic rings. The van der Waals surface area contributed by atoms with Crippen molar-refractivity contribution in [2.45, 2.75) is 58.1 Å². The number of carbonyl (C=O) groups excluding carboxylic acids is 1. The largest absolute Gasteiger partial charge is 0.444 e. The third kappa shape index (κ3) is 3.74. The van der Waals surface area contributed by atoms with Crippen LogP contribution in [-0.2, 0) is 4.74 Å². The molecule has 132 valence electrons. The second-order valence-corrected chi connectivity index (χ2v) is 8.18. The van der Waals surface area contributed by atoms with E-state index in [1.54, 1.807) is 6.20 Å². The first kappa shape index (κ1) is 17.3. The molecule has 1 unspecified atom stereocenters. The quantitative estimate of drug-likeness (QED) is 0.821. The molecule has 7 heteroatoms. The standard InChI is InChI=1S/C17H25ClN4O2/c1-16(2,3)24-15(23)22-10-12(17(11-22)7-4-5-8-17)20-13-6-9-19-14(18)21-13/h6,9,12H,4-5,7-8,10-11H2,1-3H3,(H,19,20,21). The van der Waals surface area contributed by atoms with Crippen molar-refractivity contribution in [2.75, 3.05) is 18.4 Å². The van der Waals surface area contributed by atoms with Crippen LogP contribution in [0.5, 0.6) is 0 Å². The molecule has 1 saturated heterocycles. The molecule has 24 heavy (non-hydrogen) atoms. The summed E-state index contributed by atoms with van der Waals surface area (Å²) in [5.41, 5.74) is -0.389. The van der Waals surface area contributed by atoms with Crippen molar-refractivity contribution in [1.29, 1.82) is 0 Å². The van der Waals surface area contributed by atoms with Crippen molar-refractivity contribution in [3.05, 3.63) is 17.5 Å². The molecule has 0 aromatic carbocycles. The number of likely N-dealkylation sites (tertiary alicyclic amines) is 1. The van der Waals surface area contributed by atoms with Crippen molar-refractivity contribution in [3.63, 3.8) is 0 Å². The number of ether oxygens (including phenoxy) is 1. The lowest BCUT2D eigenvalue weighted by molar-refractivity contribution is 0.0273. The van der Waals surface area contributed by atoms with Gasteiger partial charge < -0.3 is 15.0 Å². The van der Waals surface area contributed by atoms with Crippen molar-refractivity contribution < 1.29 is 9.53 Å². The van der Waals surface area contributed by atoms with E-state index < -0.39 is 5.60 Å². The number of anilines is 1. The zero-order valence-corrected chi connectivity index (χ0v) is 15.3. The Hall–Kier alpha value is -1.56. The van der Waals surface area contributed by atoms with E-state index >= 15 is 0 Å². The number of nitrogens with zero attached hydrogens (tertiary/aromatic N) is 3. The highest BCUT2D eigenvalue weighted by molar-refractivity contribution is 6.28. The average molecular weight is 353 g/mol. The molecule has 1 saturated carbocycles. The Morgan fingerprint density at radius 1 is 1.42 bits per heavy atom. The molecule has 1 N–H and O–H groups in total. The second kappa shape index (κ2) is 6.39. The third-order valence-electron chi connectivity index (χ3n) is 4.85. The summed E-state index contributed by atoms with van der Waals surface area (Å²) in [6.45, 7) is 7.04. The molecular formula is C17H25ClN4O2. The Bertz CT molecular complexity index is 611. The fourth-order valence-electron chi connectivity index (χ4n) is 3.81. The topological polar surface area (TPSA) is 67.3 Å². The number of hydrogen-bond donors (Lipinski definition) is 1. The van der Waals surface area contributed by atoms with Gasteiger partial charge >= 0.3 is 6.09 Å². The Labute approximate surface area is 147 Å².